The predicted molar refractivity (Wildman–Crippen MR) is 130 cm³/mol. The second kappa shape index (κ2) is 14.5. The summed E-state index contributed by atoms with van der Waals surface area (Å²) in [6.45, 7) is 0. The van der Waals surface area contributed by atoms with E-state index in [-0.39, 0.29) is 0 Å². The Bertz CT molecular complexity index is 1300. The minimum Gasteiger partial charge on any atom is -0.367 e. The molecule has 0 aliphatic heterocycles. The van der Waals surface area contributed by atoms with Crippen LogP contribution in [0.15, 0.2) is 114 Å². The van der Waals surface area contributed by atoms with Crippen LogP contribution >= 0.6 is 0 Å². The van der Waals surface area contributed by atoms with Crippen molar-refractivity contribution < 1.29 is 19.1 Å². The number of aromatic nitrogens is 3. The summed E-state index contributed by atoms with van der Waals surface area (Å²) >= 11 is 0. The summed E-state index contributed by atoms with van der Waals surface area (Å²) in [6.07, 6.45) is 13.9. The number of carbonyl (C=O) groups is 2. The van der Waals surface area contributed by atoms with Gasteiger partial charge in [-0.15, -0.1) is 0 Å². The molecule has 36 heavy (non-hydrogen) atoms. The molecule has 4 rings (SSSR count). The van der Waals surface area contributed by atoms with E-state index in [1.54, 1.807) is 79.4 Å². The van der Waals surface area contributed by atoms with Gasteiger partial charge in [-0.2, -0.15) is 10.2 Å². The molecule has 9 heteroatoms. The summed E-state index contributed by atoms with van der Waals surface area (Å²) in [7, 11) is 0. The summed E-state index contributed by atoms with van der Waals surface area (Å²) in [6, 6.07) is 18.6. The van der Waals surface area contributed by atoms with Gasteiger partial charge < -0.3 is 9.47 Å². The molecule has 9 nitrogen and oxygen atoms in total. The van der Waals surface area contributed by atoms with Gasteiger partial charge in [0.05, 0.1) is 22.5 Å². The minimum atomic E-state index is -0.613. The molecular formula is C27H17N5O4. The van der Waals surface area contributed by atoms with Gasteiger partial charge in [-0.1, -0.05) is 18.2 Å². The molecule has 0 spiro atoms. The maximum Gasteiger partial charge on any atom is 0.352 e. The van der Waals surface area contributed by atoms with Gasteiger partial charge in [-0.05, 0) is 48.5 Å². The Balaban J connectivity index is 0.000000221. The highest BCUT2D eigenvalue weighted by molar-refractivity contribution is 5.90. The zero-order valence-corrected chi connectivity index (χ0v) is 18.7. The molecule has 0 fully saturated rings. The Morgan fingerprint density at radius 1 is 0.556 bits per heavy atom. The monoisotopic (exact) mass is 475 g/mol. The first kappa shape index (κ1) is 25.0. The predicted octanol–water partition coefficient (Wildman–Crippen LogP) is 4.91. The van der Waals surface area contributed by atoms with E-state index in [1.807, 2.05) is 0 Å². The van der Waals surface area contributed by atoms with E-state index >= 15 is 0 Å². The molecule has 1 aromatic carbocycles. The van der Waals surface area contributed by atoms with Crippen molar-refractivity contribution in [2.45, 2.75) is 0 Å². The summed E-state index contributed by atoms with van der Waals surface area (Å²) in [5.74, 6) is 3.30. The number of hydrogen-bond donors (Lipinski definition) is 0. The van der Waals surface area contributed by atoms with Crippen molar-refractivity contribution in [1.82, 2.24) is 15.0 Å². The van der Waals surface area contributed by atoms with Crippen LogP contribution in [-0.4, -0.2) is 26.9 Å². The lowest BCUT2D eigenvalue weighted by molar-refractivity contribution is 0.0680. The molecule has 0 N–H and O–H groups in total. The van der Waals surface area contributed by atoms with Crippen LogP contribution in [0, 0.1) is 24.1 Å². The number of azo groups is 1. The first-order valence-corrected chi connectivity index (χ1v) is 10.3. The molecule has 0 bridgehead atoms. The third kappa shape index (κ3) is 9.06. The Labute approximate surface area is 206 Å². The summed E-state index contributed by atoms with van der Waals surface area (Å²) in [5.41, 5.74) is 2.29. The number of nitrogens with zero attached hydrogens (tertiary/aromatic N) is 5. The molecule has 0 unspecified atom stereocenters. The summed E-state index contributed by atoms with van der Waals surface area (Å²) < 4.78 is 9.32. The standard InChI is InChI=1S/C17H9NO4.C10H8N4/c19-16(14-6-2-1-3-7-14)21-12-4-5-13-22-17(20)15-8-10-18-11-9-15;1-5-11-6-2-9(1)13-14-10-3-7-12-8-4-10/h1-3,6-11H;1-8H. The van der Waals surface area contributed by atoms with Gasteiger partial charge in [-0.3, -0.25) is 15.0 Å². The van der Waals surface area contributed by atoms with Crippen molar-refractivity contribution >= 4 is 23.3 Å². The molecule has 0 radical (unpaired) electrons. The van der Waals surface area contributed by atoms with Crippen molar-refractivity contribution in [2.24, 2.45) is 10.2 Å². The van der Waals surface area contributed by atoms with E-state index in [0.717, 1.165) is 11.4 Å². The van der Waals surface area contributed by atoms with Crippen molar-refractivity contribution in [2.75, 3.05) is 0 Å². The van der Waals surface area contributed by atoms with Gasteiger partial charge in [0.15, 0.2) is 0 Å². The van der Waals surface area contributed by atoms with Gasteiger partial charge in [0, 0.05) is 49.0 Å². The third-order valence-electron chi connectivity index (χ3n) is 3.98. The molecule has 0 saturated heterocycles. The minimum absolute atomic E-state index is 0.327. The molecule has 3 aromatic heterocycles. The number of hydrogen-bond acceptors (Lipinski definition) is 9. The summed E-state index contributed by atoms with van der Waals surface area (Å²) in [5, 5.41) is 8.07. The van der Waals surface area contributed by atoms with E-state index in [0.29, 0.717) is 11.1 Å². The van der Waals surface area contributed by atoms with Gasteiger partial charge in [0.1, 0.15) is 12.2 Å². The van der Waals surface area contributed by atoms with Crippen molar-refractivity contribution in [3.63, 3.8) is 0 Å². The number of pyridine rings is 3. The zero-order chi connectivity index (χ0) is 25.3. The van der Waals surface area contributed by atoms with E-state index in [9.17, 15) is 9.59 Å². The Morgan fingerprint density at radius 3 is 1.39 bits per heavy atom. The molecular weight excluding hydrogens is 458 g/mol. The maximum absolute atomic E-state index is 11.5. The normalized spacial score (nSPS) is 9.33. The van der Waals surface area contributed by atoms with E-state index in [4.69, 9.17) is 0 Å². The molecule has 0 amide bonds. The highest BCUT2D eigenvalue weighted by atomic mass is 16.5. The SMILES string of the molecule is O=C(OC#CC#COC(=O)c1ccncc1)c1ccccc1.c1cc(N=Nc2ccncc2)ccn1. The van der Waals surface area contributed by atoms with E-state index in [2.05, 4.69) is 58.7 Å². The fraction of sp³-hybridized carbons (Fsp3) is 0. The molecule has 0 aliphatic carbocycles. The van der Waals surface area contributed by atoms with Crippen LogP contribution in [0.25, 0.3) is 0 Å². The zero-order valence-electron chi connectivity index (χ0n) is 18.7. The lowest BCUT2D eigenvalue weighted by Gasteiger charge is -1.94. The molecule has 174 valence electrons. The third-order valence-corrected chi connectivity index (χ3v) is 3.98. The second-order valence-corrected chi connectivity index (χ2v) is 6.45. The van der Waals surface area contributed by atoms with Gasteiger partial charge in [0.2, 0.25) is 0 Å². The fourth-order valence-electron chi connectivity index (χ4n) is 2.31. The smallest absolute Gasteiger partial charge is 0.352 e. The van der Waals surface area contributed by atoms with Crippen LogP contribution in [0.2, 0.25) is 0 Å². The van der Waals surface area contributed by atoms with Crippen LogP contribution in [0.5, 0.6) is 0 Å². The number of esters is 2. The summed E-state index contributed by atoms with van der Waals surface area (Å²) in [4.78, 5) is 34.5. The van der Waals surface area contributed by atoms with Crippen LogP contribution in [0.4, 0.5) is 11.4 Å². The van der Waals surface area contributed by atoms with Crippen LogP contribution in [-0.2, 0) is 9.47 Å². The molecule has 0 aliphatic rings. The van der Waals surface area contributed by atoms with Crippen LogP contribution in [0.1, 0.15) is 20.7 Å². The average molecular weight is 475 g/mol. The largest absolute Gasteiger partial charge is 0.367 e. The number of carbonyl (C=O) groups excluding carboxylic acids is 2. The lowest BCUT2D eigenvalue weighted by atomic mass is 10.2. The molecule has 0 atom stereocenters. The molecule has 3 heterocycles. The quantitative estimate of drug-likeness (QED) is 0.234. The van der Waals surface area contributed by atoms with Crippen molar-refractivity contribution in [3.05, 3.63) is 115 Å². The molecule has 0 saturated carbocycles. The average Bonchev–Trinajstić information content (AvgIpc) is 2.96. The number of rotatable bonds is 4. The maximum atomic E-state index is 11.5. The van der Waals surface area contributed by atoms with Gasteiger partial charge in [-0.25, -0.2) is 9.59 Å². The Morgan fingerprint density at radius 2 is 0.944 bits per heavy atom. The molecule has 4 aromatic rings. The highest BCUT2D eigenvalue weighted by Crippen LogP contribution is 2.15. The number of ether oxygens (including phenoxy) is 2. The second-order valence-electron chi connectivity index (χ2n) is 6.45. The first-order chi connectivity index (χ1) is 17.7. The van der Waals surface area contributed by atoms with Gasteiger partial charge in [0.25, 0.3) is 0 Å². The van der Waals surface area contributed by atoms with Crippen molar-refractivity contribution in [1.29, 1.82) is 0 Å². The Kier molecular flexibility index (Phi) is 10.0. The van der Waals surface area contributed by atoms with Crippen molar-refractivity contribution in [3.8, 4) is 24.1 Å². The number of benzene rings is 1. The Hall–Kier alpha value is -5.67. The van der Waals surface area contributed by atoms with E-state index in [1.165, 1.54) is 24.5 Å². The lowest BCUT2D eigenvalue weighted by Crippen LogP contribution is -2.00. The van der Waals surface area contributed by atoms with Gasteiger partial charge >= 0.3 is 11.9 Å². The highest BCUT2D eigenvalue weighted by Gasteiger charge is 2.04. The topological polar surface area (TPSA) is 116 Å². The van der Waals surface area contributed by atoms with E-state index < -0.39 is 11.9 Å². The van der Waals surface area contributed by atoms with Crippen LogP contribution < -0.4 is 0 Å². The fourth-order valence-corrected chi connectivity index (χ4v) is 2.31. The first-order valence-electron chi connectivity index (χ1n) is 10.3. The van der Waals surface area contributed by atoms with Crippen LogP contribution in [0.3, 0.4) is 0 Å².